The van der Waals surface area contributed by atoms with E-state index in [1.807, 2.05) is 36.4 Å². The molecular formula is C25H25N5O2. The van der Waals surface area contributed by atoms with Crippen molar-refractivity contribution in [3.8, 4) is 17.3 Å². The molecule has 1 aliphatic rings. The standard InChI is InChI=1S/C25H25N5O2/c26-15-17-5-1-2-8-20(17)22-10-9-21(23(24(27)31)18-6-3-12-28-16-18)25(30-22)29-13-11-19-7-4-14-32-19/h1-3,5-6,8-10,12,16,19,23H,4,7,11,13-14H2,(H2,27,31)(H,29,30). The maximum atomic E-state index is 12.5. The number of aromatic nitrogens is 2. The molecule has 3 N–H and O–H groups in total. The van der Waals surface area contributed by atoms with Crippen molar-refractivity contribution >= 4 is 11.7 Å². The average Bonchev–Trinajstić information content (AvgIpc) is 3.34. The van der Waals surface area contributed by atoms with E-state index in [0.717, 1.165) is 31.4 Å². The molecule has 3 heterocycles. The predicted octanol–water partition coefficient (Wildman–Crippen LogP) is 3.61. The number of carbonyl (C=O) groups excluding carboxylic acids is 1. The smallest absolute Gasteiger partial charge is 0.229 e. The second-order valence-corrected chi connectivity index (χ2v) is 7.76. The summed E-state index contributed by atoms with van der Waals surface area (Å²) >= 11 is 0. The molecule has 0 bridgehead atoms. The van der Waals surface area contributed by atoms with Crippen LogP contribution in [0.5, 0.6) is 0 Å². The molecule has 0 saturated carbocycles. The van der Waals surface area contributed by atoms with Gasteiger partial charge in [-0.1, -0.05) is 30.3 Å². The largest absolute Gasteiger partial charge is 0.378 e. The number of hydrogen-bond acceptors (Lipinski definition) is 6. The zero-order chi connectivity index (χ0) is 22.3. The molecule has 1 amide bonds. The van der Waals surface area contributed by atoms with Gasteiger partial charge >= 0.3 is 0 Å². The summed E-state index contributed by atoms with van der Waals surface area (Å²) in [5, 5.41) is 12.9. The highest BCUT2D eigenvalue weighted by atomic mass is 16.5. The zero-order valence-electron chi connectivity index (χ0n) is 17.7. The van der Waals surface area contributed by atoms with E-state index in [1.54, 1.807) is 24.5 Å². The zero-order valence-corrected chi connectivity index (χ0v) is 17.7. The van der Waals surface area contributed by atoms with Crippen LogP contribution in [0.2, 0.25) is 0 Å². The van der Waals surface area contributed by atoms with Crippen molar-refractivity contribution in [2.24, 2.45) is 5.73 Å². The Labute approximate surface area is 187 Å². The van der Waals surface area contributed by atoms with Gasteiger partial charge in [0, 0.05) is 36.7 Å². The highest BCUT2D eigenvalue weighted by Gasteiger charge is 2.25. The van der Waals surface area contributed by atoms with Gasteiger partial charge in [-0.2, -0.15) is 5.26 Å². The molecule has 0 aliphatic carbocycles. The first kappa shape index (κ1) is 21.5. The van der Waals surface area contributed by atoms with E-state index in [2.05, 4.69) is 16.4 Å². The number of carbonyl (C=O) groups is 1. The Bertz CT molecular complexity index is 1120. The Morgan fingerprint density at radius 2 is 2.12 bits per heavy atom. The monoisotopic (exact) mass is 427 g/mol. The molecule has 7 nitrogen and oxygen atoms in total. The second-order valence-electron chi connectivity index (χ2n) is 7.76. The van der Waals surface area contributed by atoms with E-state index in [4.69, 9.17) is 15.5 Å². The van der Waals surface area contributed by atoms with Crippen LogP contribution >= 0.6 is 0 Å². The van der Waals surface area contributed by atoms with Gasteiger partial charge in [-0.15, -0.1) is 0 Å². The molecule has 2 atom stereocenters. The minimum atomic E-state index is -0.693. The van der Waals surface area contributed by atoms with Gasteiger partial charge in [0.05, 0.1) is 29.3 Å². The van der Waals surface area contributed by atoms with Crippen molar-refractivity contribution in [1.29, 1.82) is 5.26 Å². The maximum Gasteiger partial charge on any atom is 0.229 e. The highest BCUT2D eigenvalue weighted by Crippen LogP contribution is 2.32. The fourth-order valence-corrected chi connectivity index (χ4v) is 4.07. The minimum absolute atomic E-state index is 0.235. The fraction of sp³-hybridized carbons (Fsp3) is 0.280. The van der Waals surface area contributed by atoms with Crippen molar-refractivity contribution < 1.29 is 9.53 Å². The molecule has 7 heteroatoms. The molecule has 1 aromatic carbocycles. The number of nitrogens with one attached hydrogen (secondary N) is 1. The van der Waals surface area contributed by atoms with Gasteiger partial charge in [-0.3, -0.25) is 9.78 Å². The number of ether oxygens (including phenoxy) is 1. The molecule has 2 aromatic heterocycles. The first-order valence-corrected chi connectivity index (χ1v) is 10.7. The third kappa shape index (κ3) is 4.76. The predicted molar refractivity (Wildman–Crippen MR) is 122 cm³/mol. The molecule has 0 spiro atoms. The Morgan fingerprint density at radius 1 is 1.25 bits per heavy atom. The molecule has 0 radical (unpaired) electrons. The Kier molecular flexibility index (Phi) is 6.73. The van der Waals surface area contributed by atoms with E-state index >= 15 is 0 Å². The van der Waals surface area contributed by atoms with Gasteiger partial charge in [-0.05, 0) is 43.0 Å². The summed E-state index contributed by atoms with van der Waals surface area (Å²) in [6, 6.07) is 16.8. The number of anilines is 1. The van der Waals surface area contributed by atoms with Crippen molar-refractivity contribution in [1.82, 2.24) is 9.97 Å². The Hall–Kier alpha value is -3.76. The maximum absolute atomic E-state index is 12.5. The molecule has 3 aromatic rings. The van der Waals surface area contributed by atoms with Crippen molar-refractivity contribution in [2.75, 3.05) is 18.5 Å². The van der Waals surface area contributed by atoms with Crippen molar-refractivity contribution in [3.05, 3.63) is 77.6 Å². The van der Waals surface area contributed by atoms with Crippen LogP contribution in [0.25, 0.3) is 11.3 Å². The van der Waals surface area contributed by atoms with Crippen molar-refractivity contribution in [2.45, 2.75) is 31.3 Å². The first-order valence-electron chi connectivity index (χ1n) is 10.7. The van der Waals surface area contributed by atoms with E-state index in [9.17, 15) is 10.1 Å². The fourth-order valence-electron chi connectivity index (χ4n) is 4.07. The van der Waals surface area contributed by atoms with Crippen molar-refractivity contribution in [3.63, 3.8) is 0 Å². The lowest BCUT2D eigenvalue weighted by Gasteiger charge is -2.20. The van der Waals surface area contributed by atoms with Gasteiger partial charge in [-0.25, -0.2) is 4.98 Å². The Balaban J connectivity index is 1.72. The van der Waals surface area contributed by atoms with Crippen LogP contribution in [0.4, 0.5) is 5.82 Å². The van der Waals surface area contributed by atoms with Crippen LogP contribution in [0.15, 0.2) is 60.9 Å². The van der Waals surface area contributed by atoms with Crippen LogP contribution in [0, 0.1) is 11.3 Å². The lowest BCUT2D eigenvalue weighted by molar-refractivity contribution is -0.118. The average molecular weight is 428 g/mol. The van der Waals surface area contributed by atoms with Crippen LogP contribution in [0.3, 0.4) is 0 Å². The number of pyridine rings is 2. The van der Waals surface area contributed by atoms with Crippen LogP contribution in [-0.4, -0.2) is 35.1 Å². The number of amides is 1. The third-order valence-corrected chi connectivity index (χ3v) is 5.65. The van der Waals surface area contributed by atoms with Gasteiger partial charge in [0.2, 0.25) is 5.91 Å². The summed E-state index contributed by atoms with van der Waals surface area (Å²) in [5.41, 5.74) is 9.12. The SMILES string of the molecule is N#Cc1ccccc1-c1ccc(C(C(N)=O)c2cccnc2)c(NCCC2CCCO2)n1. The van der Waals surface area contributed by atoms with E-state index in [0.29, 0.717) is 34.7 Å². The normalized spacial score (nSPS) is 16.3. The highest BCUT2D eigenvalue weighted by molar-refractivity contribution is 5.87. The molecule has 2 unspecified atom stereocenters. The Morgan fingerprint density at radius 3 is 2.84 bits per heavy atom. The lowest BCUT2D eigenvalue weighted by Crippen LogP contribution is -2.24. The number of rotatable bonds is 8. The van der Waals surface area contributed by atoms with Gasteiger partial charge in [0.1, 0.15) is 5.82 Å². The topological polar surface area (TPSA) is 114 Å². The molecule has 1 saturated heterocycles. The minimum Gasteiger partial charge on any atom is -0.378 e. The molecule has 32 heavy (non-hydrogen) atoms. The summed E-state index contributed by atoms with van der Waals surface area (Å²) in [5.74, 6) is -0.602. The van der Waals surface area contributed by atoms with Gasteiger partial charge in [0.15, 0.2) is 0 Å². The number of nitrogens with zero attached hydrogens (tertiary/aromatic N) is 3. The number of hydrogen-bond donors (Lipinski definition) is 2. The van der Waals surface area contributed by atoms with Crippen LogP contribution in [0.1, 0.15) is 41.9 Å². The van der Waals surface area contributed by atoms with Gasteiger partial charge < -0.3 is 15.8 Å². The van der Waals surface area contributed by atoms with E-state index < -0.39 is 11.8 Å². The molecule has 4 rings (SSSR count). The summed E-state index contributed by atoms with van der Waals surface area (Å²) in [7, 11) is 0. The molecule has 1 fully saturated rings. The molecular weight excluding hydrogens is 402 g/mol. The summed E-state index contributed by atoms with van der Waals surface area (Å²) in [6.45, 7) is 1.45. The summed E-state index contributed by atoms with van der Waals surface area (Å²) < 4.78 is 5.72. The van der Waals surface area contributed by atoms with Gasteiger partial charge in [0.25, 0.3) is 0 Å². The molecule has 162 valence electrons. The number of nitriles is 1. The number of benzene rings is 1. The quantitative estimate of drug-likeness (QED) is 0.568. The van der Waals surface area contributed by atoms with E-state index in [1.165, 1.54) is 0 Å². The summed E-state index contributed by atoms with van der Waals surface area (Å²) in [6.07, 6.45) is 6.51. The number of nitrogens with two attached hydrogens (primary N) is 1. The van der Waals surface area contributed by atoms with Crippen LogP contribution < -0.4 is 11.1 Å². The first-order chi connectivity index (χ1) is 15.7. The van der Waals surface area contributed by atoms with E-state index in [-0.39, 0.29) is 6.10 Å². The number of primary amides is 1. The molecule has 1 aliphatic heterocycles. The third-order valence-electron chi connectivity index (χ3n) is 5.65. The second kappa shape index (κ2) is 10.0. The van der Waals surface area contributed by atoms with Crippen LogP contribution in [-0.2, 0) is 9.53 Å². The summed E-state index contributed by atoms with van der Waals surface area (Å²) in [4.78, 5) is 21.4. The lowest BCUT2D eigenvalue weighted by atomic mass is 9.91.